The highest BCUT2D eigenvalue weighted by Crippen LogP contribution is 2.09. The molecule has 0 aliphatic heterocycles. The molecule has 0 aromatic heterocycles. The molecule has 0 radical (unpaired) electrons. The first-order valence-corrected chi connectivity index (χ1v) is 7.02. The zero-order chi connectivity index (χ0) is 11.7. The Morgan fingerprint density at radius 1 is 1.33 bits per heavy atom. The van der Waals surface area contributed by atoms with Crippen molar-refractivity contribution in [3.63, 3.8) is 0 Å². The minimum absolute atomic E-state index is 0.260. The van der Waals surface area contributed by atoms with Crippen molar-refractivity contribution in [2.24, 2.45) is 0 Å². The highest BCUT2D eigenvalue weighted by atomic mass is 28.3. The van der Waals surface area contributed by atoms with Gasteiger partial charge in [0.1, 0.15) is 0 Å². The molecule has 0 aliphatic carbocycles. The van der Waals surface area contributed by atoms with Gasteiger partial charge in [0.15, 0.2) is 0 Å². The molecule has 1 N–H and O–H groups in total. The van der Waals surface area contributed by atoms with E-state index in [4.69, 9.17) is 14.0 Å². The van der Waals surface area contributed by atoms with Gasteiger partial charge in [0, 0.05) is 18.8 Å². The zero-order valence-electron chi connectivity index (χ0n) is 9.49. The van der Waals surface area contributed by atoms with E-state index in [0.717, 1.165) is 12.5 Å². The summed E-state index contributed by atoms with van der Waals surface area (Å²) in [5.74, 6) is -0.916. The van der Waals surface area contributed by atoms with Crippen molar-refractivity contribution in [1.29, 1.82) is 0 Å². The number of carbonyl (C=O) groups is 1. The lowest BCUT2D eigenvalue weighted by molar-refractivity contribution is -0.132. The molecular weight excluding hydrogens is 212 g/mol. The molecule has 0 unspecified atom stereocenters. The molecule has 4 nitrogen and oxygen atoms in total. The molecule has 0 heterocycles. The summed E-state index contributed by atoms with van der Waals surface area (Å²) in [6.45, 7) is 8.68. The Labute approximate surface area is 92.7 Å². The van der Waals surface area contributed by atoms with Gasteiger partial charge in [-0.25, -0.2) is 4.79 Å². The second-order valence-corrected chi connectivity index (χ2v) is 5.24. The number of hydrogen-bond donors (Lipinski definition) is 1. The van der Waals surface area contributed by atoms with Gasteiger partial charge >= 0.3 is 15.3 Å². The first kappa shape index (κ1) is 14.3. The highest BCUT2D eigenvalue weighted by Gasteiger charge is 2.12. The first-order valence-electron chi connectivity index (χ1n) is 5.26. The van der Waals surface area contributed by atoms with Crippen molar-refractivity contribution in [1.82, 2.24) is 0 Å². The van der Waals surface area contributed by atoms with Crippen LogP contribution in [0.15, 0.2) is 12.2 Å². The third kappa shape index (κ3) is 7.30. The van der Waals surface area contributed by atoms with E-state index in [0.29, 0.717) is 19.6 Å². The number of aliphatic carboxylic acids is 1. The number of carboxylic acid groups (broad SMARTS) is 1. The normalized spacial score (nSPS) is 10.6. The fourth-order valence-corrected chi connectivity index (χ4v) is 2.89. The summed E-state index contributed by atoms with van der Waals surface area (Å²) in [5, 5.41) is 8.60. The van der Waals surface area contributed by atoms with Crippen LogP contribution in [0.2, 0.25) is 6.04 Å². The van der Waals surface area contributed by atoms with E-state index in [2.05, 4.69) is 6.58 Å². The van der Waals surface area contributed by atoms with Crippen LogP contribution < -0.4 is 0 Å². The van der Waals surface area contributed by atoms with Gasteiger partial charge in [-0.3, -0.25) is 0 Å². The number of carboxylic acids is 1. The van der Waals surface area contributed by atoms with E-state index in [9.17, 15) is 4.79 Å². The summed E-state index contributed by atoms with van der Waals surface area (Å²) in [6.07, 6.45) is 1.29. The predicted octanol–water partition coefficient (Wildman–Crippen LogP) is 1.70. The van der Waals surface area contributed by atoms with E-state index in [1.54, 1.807) is 0 Å². The maximum Gasteiger partial charge on any atom is 0.330 e. The molecule has 0 aromatic rings. The molecule has 0 saturated heterocycles. The Bertz CT molecular complexity index is 200. The Morgan fingerprint density at radius 2 is 1.87 bits per heavy atom. The van der Waals surface area contributed by atoms with Crippen LogP contribution in [0.5, 0.6) is 0 Å². The topological polar surface area (TPSA) is 55.8 Å². The van der Waals surface area contributed by atoms with Gasteiger partial charge in [-0.1, -0.05) is 6.58 Å². The van der Waals surface area contributed by atoms with Gasteiger partial charge in [-0.05, 0) is 32.7 Å². The smallest absolute Gasteiger partial charge is 0.330 e. The molecule has 0 aliphatic rings. The van der Waals surface area contributed by atoms with Crippen molar-refractivity contribution in [3.05, 3.63) is 12.2 Å². The Kier molecular flexibility index (Phi) is 8.26. The van der Waals surface area contributed by atoms with Crippen LogP contribution in [0.3, 0.4) is 0 Å². The molecule has 15 heavy (non-hydrogen) atoms. The standard InChI is InChI=1S/C10H20O4Si/c1-4-13-15(14-5-2)8-6-7-9(3)10(11)12/h15H,3-8H2,1-2H3,(H,11,12). The lowest BCUT2D eigenvalue weighted by Crippen LogP contribution is -2.22. The lowest BCUT2D eigenvalue weighted by Gasteiger charge is -2.14. The SMILES string of the molecule is C=C(CCC[SiH](OCC)OCC)C(=O)O. The summed E-state index contributed by atoms with van der Waals surface area (Å²) in [5.41, 5.74) is 0.260. The molecule has 0 aromatic carbocycles. The van der Waals surface area contributed by atoms with Gasteiger partial charge in [0.25, 0.3) is 0 Å². The number of hydrogen-bond acceptors (Lipinski definition) is 3. The Hall–Kier alpha value is -0.653. The average molecular weight is 232 g/mol. The van der Waals surface area contributed by atoms with Crippen molar-refractivity contribution in [3.8, 4) is 0 Å². The van der Waals surface area contributed by atoms with E-state index in [-0.39, 0.29) is 5.57 Å². The van der Waals surface area contributed by atoms with Gasteiger partial charge in [0.05, 0.1) is 0 Å². The van der Waals surface area contributed by atoms with Gasteiger partial charge < -0.3 is 14.0 Å². The molecule has 0 atom stereocenters. The monoisotopic (exact) mass is 232 g/mol. The van der Waals surface area contributed by atoms with Crippen LogP contribution in [0, 0.1) is 0 Å². The molecule has 0 fully saturated rings. The third-order valence-electron chi connectivity index (χ3n) is 1.93. The van der Waals surface area contributed by atoms with E-state index in [1.807, 2.05) is 13.8 Å². The quantitative estimate of drug-likeness (QED) is 0.485. The molecule has 0 spiro atoms. The minimum atomic E-state index is -1.56. The van der Waals surface area contributed by atoms with Crippen molar-refractivity contribution >= 4 is 15.3 Å². The molecule has 88 valence electrons. The van der Waals surface area contributed by atoms with Crippen LogP contribution in [0.1, 0.15) is 26.7 Å². The summed E-state index contributed by atoms with van der Waals surface area (Å²) < 4.78 is 10.9. The highest BCUT2D eigenvalue weighted by molar-refractivity contribution is 6.44. The molecule has 5 heteroatoms. The largest absolute Gasteiger partial charge is 0.478 e. The summed E-state index contributed by atoms with van der Waals surface area (Å²) >= 11 is 0. The fraction of sp³-hybridized carbons (Fsp3) is 0.700. The maximum atomic E-state index is 10.5. The lowest BCUT2D eigenvalue weighted by atomic mass is 10.2. The Morgan fingerprint density at radius 3 is 2.27 bits per heavy atom. The van der Waals surface area contributed by atoms with Crippen LogP contribution in [-0.2, 0) is 13.6 Å². The van der Waals surface area contributed by atoms with Crippen LogP contribution in [0.25, 0.3) is 0 Å². The van der Waals surface area contributed by atoms with Crippen molar-refractivity contribution in [2.45, 2.75) is 32.7 Å². The minimum Gasteiger partial charge on any atom is -0.478 e. The van der Waals surface area contributed by atoms with E-state index in [1.165, 1.54) is 0 Å². The first-order chi connectivity index (χ1) is 7.11. The third-order valence-corrected chi connectivity index (χ3v) is 4.22. The summed E-state index contributed by atoms with van der Waals surface area (Å²) in [7, 11) is -1.56. The molecule has 0 rings (SSSR count). The summed E-state index contributed by atoms with van der Waals surface area (Å²) in [6, 6.07) is 0.841. The van der Waals surface area contributed by atoms with Crippen LogP contribution in [-0.4, -0.2) is 33.6 Å². The summed E-state index contributed by atoms with van der Waals surface area (Å²) in [4.78, 5) is 10.5. The van der Waals surface area contributed by atoms with Crippen LogP contribution >= 0.6 is 0 Å². The average Bonchev–Trinajstić information content (AvgIpc) is 2.18. The van der Waals surface area contributed by atoms with Gasteiger partial charge in [-0.2, -0.15) is 0 Å². The van der Waals surface area contributed by atoms with Gasteiger partial charge in [-0.15, -0.1) is 0 Å². The van der Waals surface area contributed by atoms with Crippen molar-refractivity contribution in [2.75, 3.05) is 13.2 Å². The molecular formula is C10H20O4Si. The van der Waals surface area contributed by atoms with E-state index < -0.39 is 15.3 Å². The van der Waals surface area contributed by atoms with E-state index >= 15 is 0 Å². The number of rotatable bonds is 9. The van der Waals surface area contributed by atoms with Gasteiger partial charge in [0.2, 0.25) is 0 Å². The fourth-order valence-electron chi connectivity index (χ4n) is 1.18. The zero-order valence-corrected chi connectivity index (χ0v) is 10.6. The second kappa shape index (κ2) is 8.64. The Balaban J connectivity index is 3.69. The van der Waals surface area contributed by atoms with Crippen molar-refractivity contribution < 1.29 is 18.8 Å². The maximum absolute atomic E-state index is 10.5. The second-order valence-electron chi connectivity index (χ2n) is 3.14. The van der Waals surface area contributed by atoms with Crippen LogP contribution in [0.4, 0.5) is 0 Å². The molecule has 0 bridgehead atoms. The predicted molar refractivity (Wildman–Crippen MR) is 61.2 cm³/mol. The molecule has 0 saturated carbocycles. The molecule has 0 amide bonds.